The van der Waals surface area contributed by atoms with Crippen molar-refractivity contribution >= 4 is 29.3 Å². The summed E-state index contributed by atoms with van der Waals surface area (Å²) in [4.78, 5) is 11.3. The van der Waals surface area contributed by atoms with Crippen LogP contribution in [0.15, 0.2) is 11.6 Å². The van der Waals surface area contributed by atoms with Crippen molar-refractivity contribution in [3.63, 3.8) is 0 Å². The molecule has 0 radical (unpaired) electrons. The van der Waals surface area contributed by atoms with Gasteiger partial charge in [-0.1, -0.05) is 18.2 Å². The lowest BCUT2D eigenvalue weighted by atomic mass is 10.3. The van der Waals surface area contributed by atoms with Crippen molar-refractivity contribution in [1.29, 1.82) is 0 Å². The van der Waals surface area contributed by atoms with Gasteiger partial charge in [-0.25, -0.2) is 0 Å². The normalized spacial score (nSPS) is 22.2. The first-order valence-electron chi connectivity index (χ1n) is 3.62. The van der Waals surface area contributed by atoms with Gasteiger partial charge in [0.1, 0.15) is 0 Å². The molecule has 0 aromatic carbocycles. The van der Waals surface area contributed by atoms with Gasteiger partial charge in [0, 0.05) is 16.7 Å². The second kappa shape index (κ2) is 4.74. The van der Waals surface area contributed by atoms with E-state index in [0.717, 1.165) is 11.6 Å². The van der Waals surface area contributed by atoms with Crippen LogP contribution in [0.2, 0.25) is 0 Å². The number of halogens is 1. The Kier molecular flexibility index (Phi) is 3.91. The predicted octanol–water partition coefficient (Wildman–Crippen LogP) is 0.518. The van der Waals surface area contributed by atoms with E-state index in [9.17, 15) is 4.79 Å². The van der Waals surface area contributed by atoms with Crippen molar-refractivity contribution < 1.29 is 4.79 Å². The average Bonchev–Trinajstić information content (AvgIpc) is 2.51. The Bertz CT molecular complexity index is 192. The largest absolute Gasteiger partial charge is 0.350 e. The van der Waals surface area contributed by atoms with Gasteiger partial charge in [-0.2, -0.15) is 0 Å². The highest BCUT2D eigenvalue weighted by Gasteiger charge is 2.21. The number of carbonyl (C=O) groups is 1. The van der Waals surface area contributed by atoms with E-state index in [1.165, 1.54) is 0 Å². The fourth-order valence-corrected chi connectivity index (χ4v) is 1.88. The lowest BCUT2D eigenvalue weighted by molar-refractivity contribution is -0.122. The number of hydrogen-bond acceptors (Lipinski definition) is 3. The Balaban J connectivity index is 2.23. The lowest BCUT2D eigenvalue weighted by Gasteiger charge is -2.08. The van der Waals surface area contributed by atoms with E-state index >= 15 is 0 Å². The van der Waals surface area contributed by atoms with Gasteiger partial charge in [-0.15, -0.1) is 11.8 Å². The smallest absolute Gasteiger partial charge is 0.238 e. The number of rotatable bonds is 3. The molecule has 1 saturated heterocycles. The molecule has 1 amide bonds. The summed E-state index contributed by atoms with van der Waals surface area (Å²) in [6.45, 7) is 3.83. The number of carbonyl (C=O) groups excluding carboxylic acids is 1. The van der Waals surface area contributed by atoms with Crippen molar-refractivity contribution in [3.05, 3.63) is 11.6 Å². The van der Waals surface area contributed by atoms with E-state index in [0.29, 0.717) is 11.6 Å². The van der Waals surface area contributed by atoms with Gasteiger partial charge >= 0.3 is 0 Å². The van der Waals surface area contributed by atoms with Gasteiger partial charge in [-0.3, -0.25) is 10.1 Å². The number of amides is 1. The summed E-state index contributed by atoms with van der Waals surface area (Å²) in [5.74, 6) is 1.68. The maximum Gasteiger partial charge on any atom is 0.238 e. The van der Waals surface area contributed by atoms with Gasteiger partial charge in [-0.05, 0) is 0 Å². The highest BCUT2D eigenvalue weighted by atomic mass is 35.5. The highest BCUT2D eigenvalue weighted by molar-refractivity contribution is 7.99. The summed E-state index contributed by atoms with van der Waals surface area (Å²) >= 11 is 7.21. The molecular weight excluding hydrogens is 196 g/mol. The van der Waals surface area contributed by atoms with Crippen LogP contribution in [0.25, 0.3) is 0 Å². The van der Waals surface area contributed by atoms with Crippen LogP contribution in [0.4, 0.5) is 0 Å². The van der Waals surface area contributed by atoms with Crippen LogP contribution in [0.3, 0.4) is 0 Å². The standard InChI is InChI=1S/C7H11ClN2OS/c1-5(8)2-9-7(11)6-3-12-4-10-6/h6,10H,1-4H2,(H,9,11). The van der Waals surface area contributed by atoms with Crippen LogP contribution in [0.1, 0.15) is 0 Å². The summed E-state index contributed by atoms with van der Waals surface area (Å²) in [6, 6.07) is -0.0639. The molecule has 1 atom stereocenters. The Hall–Kier alpha value is -0.190. The van der Waals surface area contributed by atoms with E-state index in [1.807, 2.05) is 0 Å². The van der Waals surface area contributed by atoms with Crippen molar-refractivity contribution in [2.75, 3.05) is 18.2 Å². The molecule has 0 saturated carbocycles. The van der Waals surface area contributed by atoms with Crippen LogP contribution in [-0.4, -0.2) is 30.1 Å². The average molecular weight is 207 g/mol. The zero-order chi connectivity index (χ0) is 8.97. The first-order chi connectivity index (χ1) is 5.70. The molecule has 1 unspecified atom stereocenters. The summed E-state index contributed by atoms with van der Waals surface area (Å²) in [5, 5.41) is 6.19. The summed E-state index contributed by atoms with van der Waals surface area (Å²) in [6.07, 6.45) is 0. The maximum absolute atomic E-state index is 11.3. The van der Waals surface area contributed by atoms with Gasteiger partial charge in [0.2, 0.25) is 5.91 Å². The van der Waals surface area contributed by atoms with Gasteiger partial charge < -0.3 is 5.32 Å². The third-order valence-electron chi connectivity index (χ3n) is 1.49. The lowest BCUT2D eigenvalue weighted by Crippen LogP contribution is -2.42. The molecule has 0 aromatic heterocycles. The first-order valence-corrected chi connectivity index (χ1v) is 5.15. The van der Waals surface area contributed by atoms with E-state index in [-0.39, 0.29) is 11.9 Å². The SMILES string of the molecule is C=C(Cl)CNC(=O)C1CSCN1. The predicted molar refractivity (Wildman–Crippen MR) is 52.3 cm³/mol. The third kappa shape index (κ3) is 3.05. The third-order valence-corrected chi connectivity index (χ3v) is 2.56. The van der Waals surface area contributed by atoms with Crippen molar-refractivity contribution in [3.8, 4) is 0 Å². The van der Waals surface area contributed by atoms with Crippen LogP contribution in [0, 0.1) is 0 Å². The molecule has 5 heteroatoms. The number of nitrogens with one attached hydrogen (secondary N) is 2. The summed E-state index contributed by atoms with van der Waals surface area (Å²) in [5.41, 5.74) is 0. The molecule has 1 heterocycles. The molecule has 3 nitrogen and oxygen atoms in total. The molecule has 0 aliphatic carbocycles. The molecule has 68 valence electrons. The summed E-state index contributed by atoms with van der Waals surface area (Å²) < 4.78 is 0. The molecule has 1 rings (SSSR count). The Morgan fingerprint density at radius 2 is 2.58 bits per heavy atom. The minimum absolute atomic E-state index is 0.00167. The molecule has 0 spiro atoms. The Morgan fingerprint density at radius 3 is 3.08 bits per heavy atom. The minimum Gasteiger partial charge on any atom is -0.350 e. The van der Waals surface area contributed by atoms with Gasteiger partial charge in [0.25, 0.3) is 0 Å². The molecular formula is C7H11ClN2OS. The van der Waals surface area contributed by atoms with Crippen LogP contribution < -0.4 is 10.6 Å². The second-order valence-electron chi connectivity index (χ2n) is 2.51. The molecule has 1 aliphatic heterocycles. The second-order valence-corrected chi connectivity index (χ2v) is 4.07. The van der Waals surface area contributed by atoms with E-state index < -0.39 is 0 Å². The van der Waals surface area contributed by atoms with E-state index in [2.05, 4.69) is 17.2 Å². The molecule has 2 N–H and O–H groups in total. The van der Waals surface area contributed by atoms with Crippen molar-refractivity contribution in [2.45, 2.75) is 6.04 Å². The quantitative estimate of drug-likeness (QED) is 0.708. The molecule has 1 aliphatic rings. The molecule has 1 fully saturated rings. The molecule has 0 aromatic rings. The number of thioether (sulfide) groups is 1. The Labute approximate surface area is 80.9 Å². The van der Waals surface area contributed by atoms with E-state index in [4.69, 9.17) is 11.6 Å². The zero-order valence-corrected chi connectivity index (χ0v) is 8.17. The zero-order valence-electron chi connectivity index (χ0n) is 6.60. The maximum atomic E-state index is 11.3. The minimum atomic E-state index is -0.0639. The summed E-state index contributed by atoms with van der Waals surface area (Å²) in [7, 11) is 0. The van der Waals surface area contributed by atoms with Crippen molar-refractivity contribution in [2.24, 2.45) is 0 Å². The van der Waals surface area contributed by atoms with Gasteiger partial charge in [0.05, 0.1) is 12.6 Å². The monoisotopic (exact) mass is 206 g/mol. The van der Waals surface area contributed by atoms with Gasteiger partial charge in [0.15, 0.2) is 0 Å². The number of hydrogen-bond donors (Lipinski definition) is 2. The Morgan fingerprint density at radius 1 is 1.83 bits per heavy atom. The fraction of sp³-hybridized carbons (Fsp3) is 0.571. The van der Waals surface area contributed by atoms with Crippen LogP contribution in [0.5, 0.6) is 0 Å². The van der Waals surface area contributed by atoms with Crippen LogP contribution in [-0.2, 0) is 4.79 Å². The van der Waals surface area contributed by atoms with Crippen molar-refractivity contribution in [1.82, 2.24) is 10.6 Å². The topological polar surface area (TPSA) is 41.1 Å². The first kappa shape index (κ1) is 9.89. The van der Waals surface area contributed by atoms with E-state index in [1.54, 1.807) is 11.8 Å². The van der Waals surface area contributed by atoms with Crippen LogP contribution >= 0.6 is 23.4 Å². The fourth-order valence-electron chi connectivity index (χ4n) is 0.870. The molecule has 0 bridgehead atoms. The molecule has 12 heavy (non-hydrogen) atoms. The highest BCUT2D eigenvalue weighted by Crippen LogP contribution is 2.09.